The first kappa shape index (κ1) is 17.5. The predicted molar refractivity (Wildman–Crippen MR) is 82.0 cm³/mol. The van der Waals surface area contributed by atoms with Crippen molar-refractivity contribution in [3.63, 3.8) is 0 Å². The molecular weight excluding hydrogens is 423 g/mol. The third-order valence-electron chi connectivity index (χ3n) is 2.09. The molecule has 0 spiro atoms. The van der Waals surface area contributed by atoms with Crippen LogP contribution in [0.15, 0.2) is 0 Å². The maximum atomic E-state index is 2.70. The summed E-state index contributed by atoms with van der Waals surface area (Å²) in [5.74, 6) is 0. The molecule has 0 bridgehead atoms. The van der Waals surface area contributed by atoms with Gasteiger partial charge in [-0.1, -0.05) is 0 Å². The topological polar surface area (TPSA) is 9.72 Å². The molecule has 0 radical (unpaired) electrons. The van der Waals surface area contributed by atoms with Crippen molar-refractivity contribution in [1.29, 1.82) is 0 Å². The van der Waals surface area contributed by atoms with Gasteiger partial charge >= 0.3 is 134 Å². The van der Waals surface area contributed by atoms with Crippen molar-refractivity contribution in [2.45, 2.75) is 78.9 Å². The van der Waals surface area contributed by atoms with Gasteiger partial charge in [-0.15, -0.1) is 0 Å². The zero-order valence-electron chi connectivity index (χ0n) is 13.1. The first-order chi connectivity index (χ1) is 7.82. The Balaban J connectivity index is 2.93. The van der Waals surface area contributed by atoms with Gasteiger partial charge in [-0.05, 0) is 0 Å². The first-order valence-corrected chi connectivity index (χ1v) is 10.9. The molecule has 0 amide bonds. The molecule has 1 rings (SSSR count). The van der Waals surface area contributed by atoms with Crippen LogP contribution in [0.1, 0.15) is 62.3 Å². The van der Waals surface area contributed by atoms with Gasteiger partial charge in [0.05, 0.1) is 0 Å². The van der Waals surface area contributed by atoms with E-state index in [-0.39, 0.29) is 16.6 Å². The molecule has 0 aromatic heterocycles. The monoisotopic (exact) mass is 453 g/mol. The van der Waals surface area contributed by atoms with Crippen LogP contribution in [0.4, 0.5) is 0 Å². The van der Waals surface area contributed by atoms with Crippen molar-refractivity contribution < 1.29 is 0 Å². The molecule has 0 unspecified atom stereocenters. The zero-order chi connectivity index (χ0) is 14.4. The Bertz CT molecular complexity index is 235. The van der Waals surface area contributed by atoms with Crippen LogP contribution in [-0.2, 0) is 0 Å². The van der Waals surface area contributed by atoms with E-state index in [0.717, 1.165) is 0 Å². The molecule has 0 saturated carbocycles. The zero-order valence-corrected chi connectivity index (χ0v) is 18.2. The second-order valence-electron chi connectivity index (χ2n) is 7.53. The van der Waals surface area contributed by atoms with Crippen LogP contribution in [0.3, 0.4) is 0 Å². The molecule has 1 aliphatic heterocycles. The summed E-state index contributed by atoms with van der Waals surface area (Å²) in [6.45, 7) is 21.1. The molecule has 0 aliphatic carbocycles. The second kappa shape index (κ2) is 5.67. The van der Waals surface area contributed by atoms with Crippen molar-refractivity contribution in [1.82, 2.24) is 8.80 Å². The van der Waals surface area contributed by atoms with Gasteiger partial charge in [0.15, 0.2) is 0 Å². The minimum absolute atomic E-state index is 0.281. The van der Waals surface area contributed by atoms with Gasteiger partial charge in [0.25, 0.3) is 0 Å². The number of hydrogen-bond acceptors (Lipinski definition) is 3. The van der Waals surface area contributed by atoms with Crippen molar-refractivity contribution in [2.24, 2.45) is 0 Å². The molecule has 0 aromatic carbocycles. The van der Waals surface area contributed by atoms with E-state index in [1.165, 1.54) is 0 Å². The summed E-state index contributed by atoms with van der Waals surface area (Å²) in [7, 11) is 0. The maximum absolute atomic E-state index is 2.70. The summed E-state index contributed by atoms with van der Waals surface area (Å²) in [6.07, 6.45) is 0. The van der Waals surface area contributed by atoms with Crippen molar-refractivity contribution in [2.75, 3.05) is 0 Å². The van der Waals surface area contributed by atoms with Gasteiger partial charge in [-0.25, -0.2) is 0 Å². The van der Waals surface area contributed by atoms with Crippen molar-refractivity contribution in [3.05, 3.63) is 0 Å². The number of rotatable bonds is 0. The van der Waals surface area contributed by atoms with Crippen LogP contribution in [0.25, 0.3) is 0 Å². The molecule has 1 fully saturated rings. The molecule has 108 valence electrons. The van der Waals surface area contributed by atoms with Gasteiger partial charge in [0, 0.05) is 0 Å². The summed E-state index contributed by atoms with van der Waals surface area (Å²) < 4.78 is 8.11. The molecule has 1 saturated heterocycles. The van der Waals surface area contributed by atoms with E-state index in [1.54, 1.807) is 0 Å². The fourth-order valence-electron chi connectivity index (χ4n) is 0.982. The van der Waals surface area contributed by atoms with Crippen LogP contribution in [0.2, 0.25) is 0 Å². The Morgan fingerprint density at radius 3 is 0.722 bits per heavy atom. The van der Waals surface area contributed by atoms with Crippen molar-refractivity contribution in [3.8, 4) is 0 Å². The fraction of sp³-hybridized carbons (Fsp3) is 1.00. The quantitative estimate of drug-likeness (QED) is 0.523. The van der Waals surface area contributed by atoms with E-state index in [2.05, 4.69) is 71.1 Å². The third kappa shape index (κ3) is 4.77. The first-order valence-electron chi connectivity index (χ1n) is 6.27. The van der Waals surface area contributed by atoms with Crippen LogP contribution in [0, 0.1) is 0 Å². The Kier molecular flexibility index (Phi) is 5.51. The molecule has 18 heavy (non-hydrogen) atoms. The molecular formula is C12H27N3Se3. The summed E-state index contributed by atoms with van der Waals surface area (Å²) in [5, 5.41) is 0. The van der Waals surface area contributed by atoms with E-state index < -0.39 is 0 Å². The second-order valence-corrected chi connectivity index (χ2v) is 16.7. The van der Waals surface area contributed by atoms with E-state index in [0.29, 0.717) is 46.2 Å². The standard InChI is InChI=1S/C12H27N3Se3/c1-10(2,3)13-16-14(11(4,5)6)18-15(17-13)12(7,8)9/h1-9H3. The SMILES string of the molecule is CC(C)(C)N1[Se]N(C(C)(C)C)[Se]N(C(C)(C)C)[Se]1. The summed E-state index contributed by atoms with van der Waals surface area (Å²) in [6, 6.07) is 0. The Hall–Kier alpha value is 1.44. The fourth-order valence-corrected chi connectivity index (χ4v) is 13.8. The van der Waals surface area contributed by atoms with E-state index in [1.807, 2.05) is 0 Å². The average molecular weight is 450 g/mol. The molecule has 3 nitrogen and oxygen atoms in total. The third-order valence-corrected chi connectivity index (χ3v) is 15.2. The molecule has 0 atom stereocenters. The molecule has 6 heteroatoms. The molecule has 1 aliphatic rings. The normalized spacial score (nSPS) is 22.5. The van der Waals surface area contributed by atoms with Crippen molar-refractivity contribution >= 4 is 46.2 Å². The van der Waals surface area contributed by atoms with Gasteiger partial charge in [0.2, 0.25) is 0 Å². The van der Waals surface area contributed by atoms with Crippen LogP contribution >= 0.6 is 0 Å². The van der Waals surface area contributed by atoms with Gasteiger partial charge in [-0.3, -0.25) is 0 Å². The summed E-state index contributed by atoms with van der Waals surface area (Å²) in [4.78, 5) is 0. The number of nitrogens with zero attached hydrogens (tertiary/aromatic N) is 3. The molecule has 0 aromatic rings. The van der Waals surface area contributed by atoms with E-state index in [4.69, 9.17) is 0 Å². The number of hydrogen-bond donors (Lipinski definition) is 0. The molecule has 1 heterocycles. The van der Waals surface area contributed by atoms with E-state index >= 15 is 0 Å². The van der Waals surface area contributed by atoms with Gasteiger partial charge < -0.3 is 0 Å². The van der Waals surface area contributed by atoms with Gasteiger partial charge in [0.1, 0.15) is 0 Å². The molecule has 0 N–H and O–H groups in total. The minimum atomic E-state index is 0.281. The summed E-state index contributed by atoms with van der Waals surface area (Å²) in [5.41, 5.74) is 0.844. The summed E-state index contributed by atoms with van der Waals surface area (Å²) >= 11 is 1.45. The Morgan fingerprint density at radius 2 is 0.611 bits per heavy atom. The van der Waals surface area contributed by atoms with Gasteiger partial charge in [-0.2, -0.15) is 0 Å². The predicted octanol–water partition coefficient (Wildman–Crippen LogP) is 1.90. The Morgan fingerprint density at radius 1 is 0.444 bits per heavy atom. The van der Waals surface area contributed by atoms with E-state index in [9.17, 15) is 0 Å². The van der Waals surface area contributed by atoms with Crippen LogP contribution in [0.5, 0.6) is 0 Å². The van der Waals surface area contributed by atoms with Crippen LogP contribution < -0.4 is 0 Å². The Labute approximate surface area is 133 Å². The average Bonchev–Trinajstić information content (AvgIpc) is 2.13. The van der Waals surface area contributed by atoms with Crippen LogP contribution in [-0.4, -0.2) is 71.6 Å².